The molecular formula is C23H25N3O5. The number of ether oxygens (including phenoxy) is 2. The van der Waals surface area contributed by atoms with Crippen molar-refractivity contribution in [1.82, 2.24) is 4.90 Å². The molecule has 0 saturated carbocycles. The Morgan fingerprint density at radius 2 is 1.68 bits per heavy atom. The number of nitrogens with one attached hydrogen (secondary N) is 1. The normalized spacial score (nSPS) is 18.7. The molecule has 3 amide bonds. The number of hydrogen-bond donors (Lipinski definition) is 1. The fourth-order valence-electron chi connectivity index (χ4n) is 4.24. The van der Waals surface area contributed by atoms with E-state index >= 15 is 0 Å². The SMILES string of the molecule is COc1cc2c(cc1OC)CN([C@@H]1CC(=O)N(c3ccc(NC(C)=O)cc3)C1=O)CC2. The van der Waals surface area contributed by atoms with Gasteiger partial charge in [-0.3, -0.25) is 19.3 Å². The van der Waals surface area contributed by atoms with Gasteiger partial charge in [0.2, 0.25) is 11.8 Å². The van der Waals surface area contributed by atoms with Gasteiger partial charge in [-0.05, 0) is 53.9 Å². The van der Waals surface area contributed by atoms with Gasteiger partial charge < -0.3 is 14.8 Å². The highest BCUT2D eigenvalue weighted by Crippen LogP contribution is 2.35. The zero-order valence-corrected chi connectivity index (χ0v) is 17.8. The van der Waals surface area contributed by atoms with Crippen molar-refractivity contribution < 1.29 is 23.9 Å². The van der Waals surface area contributed by atoms with Crippen molar-refractivity contribution in [1.29, 1.82) is 0 Å². The van der Waals surface area contributed by atoms with Gasteiger partial charge in [0.25, 0.3) is 5.91 Å². The summed E-state index contributed by atoms with van der Waals surface area (Å²) in [6.45, 7) is 2.67. The Bertz CT molecular complexity index is 1030. The van der Waals surface area contributed by atoms with Crippen LogP contribution in [0, 0.1) is 0 Å². The highest BCUT2D eigenvalue weighted by molar-refractivity contribution is 6.22. The molecule has 162 valence electrons. The monoisotopic (exact) mass is 423 g/mol. The summed E-state index contributed by atoms with van der Waals surface area (Å²) in [5.74, 6) is 0.718. The third-order valence-corrected chi connectivity index (χ3v) is 5.76. The first-order valence-corrected chi connectivity index (χ1v) is 10.1. The lowest BCUT2D eigenvalue weighted by atomic mass is 9.97. The molecule has 2 aliphatic heterocycles. The summed E-state index contributed by atoms with van der Waals surface area (Å²) in [6.07, 6.45) is 0.911. The van der Waals surface area contributed by atoms with Gasteiger partial charge in [-0.1, -0.05) is 0 Å². The number of rotatable bonds is 5. The first-order valence-electron chi connectivity index (χ1n) is 10.1. The standard InChI is InChI=1S/C23H25N3O5/c1-14(27)24-17-4-6-18(7-5-17)26-22(28)12-19(23(26)29)25-9-8-15-10-20(30-2)21(31-3)11-16(15)13-25/h4-7,10-11,19H,8-9,12-13H2,1-3H3,(H,24,27)/t19-/m1/s1. The van der Waals surface area contributed by atoms with E-state index in [2.05, 4.69) is 10.2 Å². The lowest BCUT2D eigenvalue weighted by Gasteiger charge is -2.32. The summed E-state index contributed by atoms with van der Waals surface area (Å²) in [7, 11) is 3.21. The largest absolute Gasteiger partial charge is 0.493 e. The average Bonchev–Trinajstić information content (AvgIpc) is 3.06. The van der Waals surface area contributed by atoms with Crippen molar-refractivity contribution in [3.05, 3.63) is 47.5 Å². The Morgan fingerprint density at radius 3 is 2.29 bits per heavy atom. The Labute approximate surface area is 180 Å². The van der Waals surface area contributed by atoms with Crippen LogP contribution in [0.4, 0.5) is 11.4 Å². The summed E-state index contributed by atoms with van der Waals surface area (Å²) in [5.41, 5.74) is 3.36. The molecule has 0 spiro atoms. The molecule has 0 aliphatic carbocycles. The Balaban J connectivity index is 1.52. The van der Waals surface area contributed by atoms with Crippen LogP contribution in [0.25, 0.3) is 0 Å². The molecule has 8 heteroatoms. The number of imide groups is 1. The van der Waals surface area contributed by atoms with Crippen LogP contribution in [0.1, 0.15) is 24.5 Å². The van der Waals surface area contributed by atoms with Crippen molar-refractivity contribution in [3.63, 3.8) is 0 Å². The predicted molar refractivity (Wildman–Crippen MR) is 115 cm³/mol. The molecule has 31 heavy (non-hydrogen) atoms. The lowest BCUT2D eigenvalue weighted by Crippen LogP contribution is -2.44. The van der Waals surface area contributed by atoms with Crippen LogP contribution in [0.3, 0.4) is 0 Å². The summed E-state index contributed by atoms with van der Waals surface area (Å²) in [5, 5.41) is 2.68. The van der Waals surface area contributed by atoms with Crippen molar-refractivity contribution in [3.8, 4) is 11.5 Å². The summed E-state index contributed by atoms with van der Waals surface area (Å²) in [4.78, 5) is 40.4. The van der Waals surface area contributed by atoms with Gasteiger partial charge >= 0.3 is 0 Å². The van der Waals surface area contributed by atoms with Gasteiger partial charge in [-0.15, -0.1) is 0 Å². The topological polar surface area (TPSA) is 88.2 Å². The number of carbonyl (C=O) groups excluding carboxylic acids is 3. The quantitative estimate of drug-likeness (QED) is 0.743. The molecule has 2 heterocycles. The zero-order chi connectivity index (χ0) is 22.1. The molecule has 1 saturated heterocycles. The number of anilines is 2. The molecule has 0 unspecified atom stereocenters. The second-order valence-electron chi connectivity index (χ2n) is 7.71. The molecule has 2 aromatic carbocycles. The lowest BCUT2D eigenvalue weighted by molar-refractivity contribution is -0.123. The van der Waals surface area contributed by atoms with Crippen LogP contribution in [-0.2, 0) is 27.3 Å². The number of nitrogens with zero attached hydrogens (tertiary/aromatic N) is 2. The molecule has 0 bridgehead atoms. The molecule has 2 aliphatic rings. The van der Waals surface area contributed by atoms with Crippen molar-refractivity contribution >= 4 is 29.1 Å². The van der Waals surface area contributed by atoms with Crippen molar-refractivity contribution in [2.75, 3.05) is 31.0 Å². The zero-order valence-electron chi connectivity index (χ0n) is 17.8. The number of methoxy groups -OCH3 is 2. The summed E-state index contributed by atoms with van der Waals surface area (Å²) in [6, 6.07) is 10.1. The maximum Gasteiger partial charge on any atom is 0.251 e. The van der Waals surface area contributed by atoms with Gasteiger partial charge in [-0.2, -0.15) is 0 Å². The van der Waals surface area contributed by atoms with E-state index in [-0.39, 0.29) is 24.1 Å². The van der Waals surface area contributed by atoms with Crippen LogP contribution < -0.4 is 19.7 Å². The van der Waals surface area contributed by atoms with E-state index in [0.717, 1.165) is 17.5 Å². The van der Waals surface area contributed by atoms with E-state index in [0.29, 0.717) is 36.0 Å². The summed E-state index contributed by atoms with van der Waals surface area (Å²) >= 11 is 0. The fraction of sp³-hybridized carbons (Fsp3) is 0.348. The minimum Gasteiger partial charge on any atom is -0.493 e. The average molecular weight is 423 g/mol. The number of carbonyl (C=O) groups is 3. The number of fused-ring (bicyclic) bond motifs is 1. The Hall–Kier alpha value is -3.39. The van der Waals surface area contributed by atoms with E-state index in [4.69, 9.17) is 9.47 Å². The maximum absolute atomic E-state index is 13.2. The molecule has 4 rings (SSSR count). The molecule has 0 radical (unpaired) electrons. The first kappa shape index (κ1) is 20.9. The predicted octanol–water partition coefficient (Wildman–Crippen LogP) is 2.35. The van der Waals surface area contributed by atoms with Crippen LogP contribution in [0.5, 0.6) is 11.5 Å². The van der Waals surface area contributed by atoms with E-state index in [1.54, 1.807) is 38.5 Å². The second kappa shape index (κ2) is 8.39. The fourth-order valence-corrected chi connectivity index (χ4v) is 4.24. The Morgan fingerprint density at radius 1 is 1.03 bits per heavy atom. The van der Waals surface area contributed by atoms with Crippen LogP contribution in [0.15, 0.2) is 36.4 Å². The van der Waals surface area contributed by atoms with Gasteiger partial charge in [0.1, 0.15) is 0 Å². The minimum absolute atomic E-state index is 0.148. The van der Waals surface area contributed by atoms with Crippen molar-refractivity contribution in [2.45, 2.75) is 32.4 Å². The molecule has 1 atom stereocenters. The third kappa shape index (κ3) is 3.98. The second-order valence-corrected chi connectivity index (χ2v) is 7.71. The molecule has 1 fully saturated rings. The van der Waals surface area contributed by atoms with E-state index in [9.17, 15) is 14.4 Å². The first-order chi connectivity index (χ1) is 14.9. The number of hydrogen-bond acceptors (Lipinski definition) is 6. The molecule has 0 aromatic heterocycles. The van der Waals surface area contributed by atoms with Crippen LogP contribution in [-0.4, -0.2) is 49.4 Å². The molecule has 1 N–H and O–H groups in total. The van der Waals surface area contributed by atoms with Gasteiger partial charge in [-0.25, -0.2) is 4.90 Å². The van der Waals surface area contributed by atoms with Crippen molar-refractivity contribution in [2.24, 2.45) is 0 Å². The molecule has 8 nitrogen and oxygen atoms in total. The minimum atomic E-state index is -0.497. The van der Waals surface area contributed by atoms with E-state index in [1.165, 1.54) is 11.8 Å². The van der Waals surface area contributed by atoms with Gasteiger partial charge in [0.15, 0.2) is 11.5 Å². The van der Waals surface area contributed by atoms with E-state index in [1.807, 2.05) is 12.1 Å². The van der Waals surface area contributed by atoms with Crippen LogP contribution >= 0.6 is 0 Å². The van der Waals surface area contributed by atoms with E-state index < -0.39 is 6.04 Å². The molecular weight excluding hydrogens is 398 g/mol. The maximum atomic E-state index is 13.2. The molecule has 2 aromatic rings. The van der Waals surface area contributed by atoms with Gasteiger partial charge in [0, 0.05) is 25.7 Å². The van der Waals surface area contributed by atoms with Crippen LogP contribution in [0.2, 0.25) is 0 Å². The highest BCUT2D eigenvalue weighted by Gasteiger charge is 2.43. The number of benzene rings is 2. The van der Waals surface area contributed by atoms with Gasteiger partial charge in [0.05, 0.1) is 32.4 Å². The highest BCUT2D eigenvalue weighted by atomic mass is 16.5. The smallest absolute Gasteiger partial charge is 0.251 e. The summed E-state index contributed by atoms with van der Waals surface area (Å²) < 4.78 is 10.8. The third-order valence-electron chi connectivity index (χ3n) is 5.76. The number of amides is 3. The Kier molecular flexibility index (Phi) is 5.65.